The van der Waals surface area contributed by atoms with Crippen LogP contribution in [0.4, 0.5) is 5.82 Å². The van der Waals surface area contributed by atoms with Gasteiger partial charge in [-0.2, -0.15) is 4.98 Å². The Morgan fingerprint density at radius 1 is 1.75 bits per heavy atom. The molecule has 1 aromatic heterocycles. The molecule has 0 aliphatic carbocycles. The summed E-state index contributed by atoms with van der Waals surface area (Å²) in [6.45, 7) is 1.95. The highest BCUT2D eigenvalue weighted by molar-refractivity contribution is 5.23. The Balaban J connectivity index is 2.28. The summed E-state index contributed by atoms with van der Waals surface area (Å²) in [7, 11) is 0. The number of hydrogen-bond donors (Lipinski definition) is 2. The van der Waals surface area contributed by atoms with Crippen molar-refractivity contribution in [3.8, 4) is 0 Å². The summed E-state index contributed by atoms with van der Waals surface area (Å²) in [6, 6.07) is 1.56. The number of nitrogens with zero attached hydrogens (tertiary/aromatic N) is 2. The first-order valence-electron chi connectivity index (χ1n) is 5.23. The normalized spacial score (nSPS) is 29.5. The van der Waals surface area contributed by atoms with Crippen LogP contribution in [-0.2, 0) is 4.74 Å². The van der Waals surface area contributed by atoms with Gasteiger partial charge in [-0.15, -0.1) is 0 Å². The molecule has 2 rings (SSSR count). The number of aliphatic hydroxyl groups is 1. The van der Waals surface area contributed by atoms with E-state index < -0.39 is 5.69 Å². The van der Waals surface area contributed by atoms with Gasteiger partial charge in [0.2, 0.25) is 0 Å². The number of nitrogens with two attached hydrogens (primary N) is 1. The van der Waals surface area contributed by atoms with Crippen LogP contribution in [0, 0.1) is 5.92 Å². The third kappa shape index (κ3) is 1.94. The summed E-state index contributed by atoms with van der Waals surface area (Å²) in [5.41, 5.74) is 4.99. The molecule has 1 unspecified atom stereocenters. The van der Waals surface area contributed by atoms with E-state index in [-0.39, 0.29) is 30.7 Å². The van der Waals surface area contributed by atoms with Gasteiger partial charge in [0.25, 0.3) is 0 Å². The molecule has 0 bridgehead atoms. The Morgan fingerprint density at radius 2 is 2.50 bits per heavy atom. The highest BCUT2D eigenvalue weighted by Crippen LogP contribution is 2.32. The summed E-state index contributed by atoms with van der Waals surface area (Å²) < 4.78 is 6.98. The number of aliphatic hydroxyl groups excluding tert-OH is 1. The number of nitrogen functional groups attached to an aromatic ring is 1. The number of rotatable bonds is 2. The zero-order valence-electron chi connectivity index (χ0n) is 9.04. The van der Waals surface area contributed by atoms with Crippen LogP contribution in [0.1, 0.15) is 19.6 Å². The van der Waals surface area contributed by atoms with Crippen LogP contribution < -0.4 is 11.4 Å². The van der Waals surface area contributed by atoms with Crippen molar-refractivity contribution in [2.45, 2.75) is 25.7 Å². The molecule has 2 heterocycles. The average Bonchev–Trinajstić information content (AvgIpc) is 2.60. The molecular formula is C10H15N3O3. The van der Waals surface area contributed by atoms with E-state index in [2.05, 4.69) is 4.98 Å². The second kappa shape index (κ2) is 4.23. The number of anilines is 1. The van der Waals surface area contributed by atoms with Crippen LogP contribution in [-0.4, -0.2) is 27.4 Å². The van der Waals surface area contributed by atoms with E-state index in [1.54, 1.807) is 12.3 Å². The summed E-state index contributed by atoms with van der Waals surface area (Å²) in [6.07, 6.45) is 1.74. The van der Waals surface area contributed by atoms with E-state index in [1.165, 1.54) is 4.57 Å². The van der Waals surface area contributed by atoms with Crippen LogP contribution in [0.15, 0.2) is 17.1 Å². The lowest BCUT2D eigenvalue weighted by Gasteiger charge is -2.17. The average molecular weight is 225 g/mol. The zero-order valence-corrected chi connectivity index (χ0v) is 9.04. The molecule has 1 aliphatic rings. The SMILES string of the molecule is C[C@H]1CC(CO)O[C@H]1n1ccc(N)nc1=O. The Hall–Kier alpha value is -1.40. The first kappa shape index (κ1) is 11.1. The van der Waals surface area contributed by atoms with Crippen LogP contribution in [0.2, 0.25) is 0 Å². The first-order chi connectivity index (χ1) is 7.61. The molecule has 1 saturated heterocycles. The van der Waals surface area contributed by atoms with Gasteiger partial charge in [-0.3, -0.25) is 4.57 Å². The Kier molecular flexibility index (Phi) is 2.93. The fourth-order valence-corrected chi connectivity index (χ4v) is 1.99. The van der Waals surface area contributed by atoms with Gasteiger partial charge in [-0.25, -0.2) is 4.79 Å². The molecule has 1 aliphatic heterocycles. The molecule has 0 amide bonds. The van der Waals surface area contributed by atoms with E-state index in [9.17, 15) is 4.79 Å². The van der Waals surface area contributed by atoms with Crippen molar-refractivity contribution in [1.82, 2.24) is 9.55 Å². The summed E-state index contributed by atoms with van der Waals surface area (Å²) >= 11 is 0. The molecule has 6 heteroatoms. The largest absolute Gasteiger partial charge is 0.394 e. The standard InChI is InChI=1S/C10H15N3O3/c1-6-4-7(5-14)16-9(6)13-3-2-8(11)12-10(13)15/h2-3,6-7,9,14H,4-5H2,1H3,(H2,11,12,15)/t6-,7?,9+/m0/s1. The third-order valence-electron chi connectivity index (χ3n) is 2.78. The van der Waals surface area contributed by atoms with Crippen molar-refractivity contribution < 1.29 is 9.84 Å². The molecule has 3 atom stereocenters. The quantitative estimate of drug-likeness (QED) is 0.723. The van der Waals surface area contributed by atoms with Gasteiger partial charge in [0.15, 0.2) is 0 Å². The Bertz CT molecular complexity index is 432. The lowest BCUT2D eigenvalue weighted by Crippen LogP contribution is -2.29. The molecule has 3 N–H and O–H groups in total. The molecule has 0 saturated carbocycles. The van der Waals surface area contributed by atoms with Crippen molar-refractivity contribution in [1.29, 1.82) is 0 Å². The Morgan fingerprint density at radius 3 is 3.06 bits per heavy atom. The number of ether oxygens (including phenoxy) is 1. The smallest absolute Gasteiger partial charge is 0.351 e. The van der Waals surface area contributed by atoms with Crippen molar-refractivity contribution in [2.24, 2.45) is 5.92 Å². The van der Waals surface area contributed by atoms with Crippen LogP contribution in [0.3, 0.4) is 0 Å². The minimum atomic E-state index is -0.421. The van der Waals surface area contributed by atoms with Crippen molar-refractivity contribution in [3.63, 3.8) is 0 Å². The summed E-state index contributed by atoms with van der Waals surface area (Å²) in [4.78, 5) is 15.2. The van der Waals surface area contributed by atoms with Gasteiger partial charge >= 0.3 is 5.69 Å². The number of hydrogen-bond acceptors (Lipinski definition) is 5. The van der Waals surface area contributed by atoms with E-state index in [4.69, 9.17) is 15.6 Å². The predicted octanol–water partition coefficient (Wildman–Crippen LogP) is -0.259. The molecule has 0 spiro atoms. The maximum absolute atomic E-state index is 11.6. The van der Waals surface area contributed by atoms with Gasteiger partial charge in [0.05, 0.1) is 12.7 Å². The molecule has 16 heavy (non-hydrogen) atoms. The molecule has 0 aromatic carbocycles. The first-order valence-corrected chi connectivity index (χ1v) is 5.23. The van der Waals surface area contributed by atoms with E-state index in [0.29, 0.717) is 0 Å². The van der Waals surface area contributed by atoms with Gasteiger partial charge < -0.3 is 15.6 Å². The van der Waals surface area contributed by atoms with Gasteiger partial charge in [-0.1, -0.05) is 6.92 Å². The highest BCUT2D eigenvalue weighted by Gasteiger charge is 2.33. The van der Waals surface area contributed by atoms with E-state index in [0.717, 1.165) is 6.42 Å². The summed E-state index contributed by atoms with van der Waals surface area (Å²) in [5, 5.41) is 9.01. The molecule has 0 radical (unpaired) electrons. The van der Waals surface area contributed by atoms with Gasteiger partial charge in [-0.05, 0) is 12.5 Å². The minimum Gasteiger partial charge on any atom is -0.394 e. The molecular weight excluding hydrogens is 210 g/mol. The zero-order chi connectivity index (χ0) is 11.7. The van der Waals surface area contributed by atoms with Gasteiger partial charge in [0.1, 0.15) is 12.0 Å². The lowest BCUT2D eigenvalue weighted by atomic mass is 10.1. The molecule has 88 valence electrons. The van der Waals surface area contributed by atoms with E-state index >= 15 is 0 Å². The molecule has 1 fully saturated rings. The molecule has 1 aromatic rings. The Labute approximate surface area is 92.7 Å². The lowest BCUT2D eigenvalue weighted by molar-refractivity contribution is -0.0335. The van der Waals surface area contributed by atoms with Crippen molar-refractivity contribution in [2.75, 3.05) is 12.3 Å². The second-order valence-electron chi connectivity index (χ2n) is 4.09. The monoisotopic (exact) mass is 225 g/mol. The van der Waals surface area contributed by atoms with Crippen LogP contribution in [0.25, 0.3) is 0 Å². The van der Waals surface area contributed by atoms with Crippen molar-refractivity contribution >= 4 is 5.82 Å². The maximum Gasteiger partial charge on any atom is 0.351 e. The van der Waals surface area contributed by atoms with Crippen LogP contribution in [0.5, 0.6) is 0 Å². The molecule has 6 nitrogen and oxygen atoms in total. The predicted molar refractivity (Wildman–Crippen MR) is 57.7 cm³/mol. The fraction of sp³-hybridized carbons (Fsp3) is 0.600. The topological polar surface area (TPSA) is 90.4 Å². The third-order valence-corrected chi connectivity index (χ3v) is 2.78. The van der Waals surface area contributed by atoms with Crippen LogP contribution >= 0.6 is 0 Å². The highest BCUT2D eigenvalue weighted by atomic mass is 16.5. The van der Waals surface area contributed by atoms with Crippen molar-refractivity contribution in [3.05, 3.63) is 22.7 Å². The number of aromatic nitrogens is 2. The van der Waals surface area contributed by atoms with E-state index in [1.807, 2.05) is 6.92 Å². The summed E-state index contributed by atoms with van der Waals surface area (Å²) in [5.74, 6) is 0.367. The van der Waals surface area contributed by atoms with Gasteiger partial charge in [0, 0.05) is 12.1 Å². The minimum absolute atomic E-state index is 0.0298. The fourth-order valence-electron chi connectivity index (χ4n) is 1.99. The second-order valence-corrected chi connectivity index (χ2v) is 4.09. The maximum atomic E-state index is 11.6.